The second-order valence-electron chi connectivity index (χ2n) is 5.87. The van der Waals surface area contributed by atoms with E-state index < -0.39 is 0 Å². The molecule has 1 aromatic rings. The first-order valence-electron chi connectivity index (χ1n) is 7.59. The SMILES string of the molecule is CC(C)n1ccc(CN(CCO)C2CCCCC2)n1. The summed E-state index contributed by atoms with van der Waals surface area (Å²) in [6.45, 7) is 6.15. The number of rotatable bonds is 6. The second kappa shape index (κ2) is 7.06. The minimum Gasteiger partial charge on any atom is -0.395 e. The van der Waals surface area contributed by atoms with Gasteiger partial charge in [-0.15, -0.1) is 0 Å². The van der Waals surface area contributed by atoms with E-state index in [0.29, 0.717) is 12.1 Å². The van der Waals surface area contributed by atoms with E-state index >= 15 is 0 Å². The van der Waals surface area contributed by atoms with E-state index in [4.69, 9.17) is 0 Å². The Balaban J connectivity index is 1.98. The van der Waals surface area contributed by atoms with Crippen molar-refractivity contribution in [3.63, 3.8) is 0 Å². The normalized spacial score (nSPS) is 17.5. The summed E-state index contributed by atoms with van der Waals surface area (Å²) in [4.78, 5) is 2.41. The van der Waals surface area contributed by atoms with Crippen LogP contribution in [-0.4, -0.2) is 39.0 Å². The molecule has 0 amide bonds. The first-order valence-corrected chi connectivity index (χ1v) is 7.59. The average Bonchev–Trinajstić information content (AvgIpc) is 2.88. The molecule has 2 rings (SSSR count). The van der Waals surface area contributed by atoms with Crippen LogP contribution in [0.25, 0.3) is 0 Å². The standard InChI is InChI=1S/C15H27N3O/c1-13(2)18-9-8-14(16-18)12-17(10-11-19)15-6-4-3-5-7-15/h8-9,13,15,19H,3-7,10-12H2,1-2H3. The molecule has 1 heterocycles. The molecule has 0 spiro atoms. The maximum atomic E-state index is 9.27. The van der Waals surface area contributed by atoms with Gasteiger partial charge in [-0.3, -0.25) is 9.58 Å². The molecule has 19 heavy (non-hydrogen) atoms. The van der Waals surface area contributed by atoms with E-state index in [-0.39, 0.29) is 6.61 Å². The zero-order valence-corrected chi connectivity index (χ0v) is 12.3. The van der Waals surface area contributed by atoms with E-state index in [9.17, 15) is 5.11 Å². The van der Waals surface area contributed by atoms with E-state index in [1.54, 1.807) is 0 Å². The van der Waals surface area contributed by atoms with Gasteiger partial charge in [0.05, 0.1) is 12.3 Å². The lowest BCUT2D eigenvalue weighted by atomic mass is 9.94. The summed E-state index contributed by atoms with van der Waals surface area (Å²) in [7, 11) is 0. The number of aliphatic hydroxyl groups is 1. The maximum absolute atomic E-state index is 9.27. The minimum atomic E-state index is 0.237. The summed E-state index contributed by atoms with van der Waals surface area (Å²) < 4.78 is 2.01. The molecule has 1 N–H and O–H groups in total. The molecule has 0 radical (unpaired) electrons. The van der Waals surface area contributed by atoms with Crippen molar-refractivity contribution in [1.29, 1.82) is 0 Å². The smallest absolute Gasteiger partial charge is 0.0765 e. The number of nitrogens with zero attached hydrogens (tertiary/aromatic N) is 3. The lowest BCUT2D eigenvalue weighted by molar-refractivity contribution is 0.115. The molecule has 0 saturated heterocycles. The Morgan fingerprint density at radius 3 is 2.68 bits per heavy atom. The molecule has 0 aromatic carbocycles. The Bertz CT molecular complexity index is 369. The van der Waals surface area contributed by atoms with Gasteiger partial charge in [-0.25, -0.2) is 0 Å². The fraction of sp³-hybridized carbons (Fsp3) is 0.800. The van der Waals surface area contributed by atoms with Crippen LogP contribution in [0.15, 0.2) is 12.3 Å². The first kappa shape index (κ1) is 14.5. The molecule has 4 heteroatoms. The van der Waals surface area contributed by atoms with Crippen molar-refractivity contribution in [3.8, 4) is 0 Å². The molecule has 0 unspecified atom stereocenters. The lowest BCUT2D eigenvalue weighted by Gasteiger charge is -2.33. The van der Waals surface area contributed by atoms with Crippen LogP contribution >= 0.6 is 0 Å². The van der Waals surface area contributed by atoms with Crippen LogP contribution in [0.4, 0.5) is 0 Å². The summed E-state index contributed by atoms with van der Waals surface area (Å²) in [6, 6.07) is 3.15. The molecule has 1 saturated carbocycles. The van der Waals surface area contributed by atoms with Crippen LogP contribution < -0.4 is 0 Å². The minimum absolute atomic E-state index is 0.237. The van der Waals surface area contributed by atoms with Crippen molar-refractivity contribution in [2.45, 2.75) is 64.6 Å². The molecule has 1 aliphatic rings. The van der Waals surface area contributed by atoms with Crippen molar-refractivity contribution in [2.75, 3.05) is 13.2 Å². The van der Waals surface area contributed by atoms with E-state index in [0.717, 1.165) is 18.8 Å². The van der Waals surface area contributed by atoms with E-state index in [1.165, 1.54) is 32.1 Å². The highest BCUT2D eigenvalue weighted by Gasteiger charge is 2.21. The predicted octanol–water partition coefficient (Wildman–Crippen LogP) is 2.59. The highest BCUT2D eigenvalue weighted by Crippen LogP contribution is 2.23. The van der Waals surface area contributed by atoms with Gasteiger partial charge in [0.25, 0.3) is 0 Å². The summed E-state index contributed by atoms with van der Waals surface area (Å²) in [5.74, 6) is 0. The molecule has 1 fully saturated rings. The summed E-state index contributed by atoms with van der Waals surface area (Å²) >= 11 is 0. The Kier molecular flexibility index (Phi) is 5.40. The van der Waals surface area contributed by atoms with Gasteiger partial charge in [0, 0.05) is 31.4 Å². The Labute approximate surface area is 116 Å². The third-order valence-electron chi connectivity index (χ3n) is 4.04. The number of hydrogen-bond donors (Lipinski definition) is 1. The summed E-state index contributed by atoms with van der Waals surface area (Å²) in [5, 5.41) is 13.9. The molecule has 108 valence electrons. The van der Waals surface area contributed by atoms with Gasteiger partial charge in [-0.05, 0) is 32.8 Å². The van der Waals surface area contributed by atoms with Crippen molar-refractivity contribution in [2.24, 2.45) is 0 Å². The number of aromatic nitrogens is 2. The van der Waals surface area contributed by atoms with Gasteiger partial charge in [-0.1, -0.05) is 19.3 Å². The molecule has 0 atom stereocenters. The topological polar surface area (TPSA) is 41.3 Å². The van der Waals surface area contributed by atoms with E-state index in [1.807, 2.05) is 4.68 Å². The highest BCUT2D eigenvalue weighted by atomic mass is 16.3. The molecule has 0 aliphatic heterocycles. The van der Waals surface area contributed by atoms with Gasteiger partial charge in [-0.2, -0.15) is 5.10 Å². The summed E-state index contributed by atoms with van der Waals surface area (Å²) in [6.07, 6.45) is 8.61. The van der Waals surface area contributed by atoms with Crippen LogP contribution in [0.2, 0.25) is 0 Å². The molecular formula is C15H27N3O. The van der Waals surface area contributed by atoms with Gasteiger partial charge in [0.2, 0.25) is 0 Å². The monoisotopic (exact) mass is 265 g/mol. The molecule has 1 aromatic heterocycles. The summed E-state index contributed by atoms with van der Waals surface area (Å²) in [5.41, 5.74) is 1.12. The first-order chi connectivity index (χ1) is 9.20. The Morgan fingerprint density at radius 2 is 2.11 bits per heavy atom. The van der Waals surface area contributed by atoms with Crippen molar-refractivity contribution in [1.82, 2.24) is 14.7 Å². The zero-order chi connectivity index (χ0) is 13.7. The molecular weight excluding hydrogens is 238 g/mol. The predicted molar refractivity (Wildman–Crippen MR) is 77.0 cm³/mol. The fourth-order valence-corrected chi connectivity index (χ4v) is 2.92. The highest BCUT2D eigenvalue weighted by molar-refractivity contribution is 5.00. The third kappa shape index (κ3) is 4.05. The number of aliphatic hydroxyl groups excluding tert-OH is 1. The quantitative estimate of drug-likeness (QED) is 0.859. The van der Waals surface area contributed by atoms with E-state index in [2.05, 4.69) is 36.1 Å². The second-order valence-corrected chi connectivity index (χ2v) is 5.87. The van der Waals surface area contributed by atoms with Crippen LogP contribution in [0.1, 0.15) is 57.7 Å². The largest absolute Gasteiger partial charge is 0.395 e. The third-order valence-corrected chi connectivity index (χ3v) is 4.04. The maximum Gasteiger partial charge on any atom is 0.0765 e. The van der Waals surface area contributed by atoms with Crippen LogP contribution in [0, 0.1) is 0 Å². The lowest BCUT2D eigenvalue weighted by Crippen LogP contribution is -2.38. The van der Waals surface area contributed by atoms with Gasteiger partial charge >= 0.3 is 0 Å². The van der Waals surface area contributed by atoms with Crippen LogP contribution in [-0.2, 0) is 6.54 Å². The Hall–Kier alpha value is -0.870. The van der Waals surface area contributed by atoms with Crippen LogP contribution in [0.3, 0.4) is 0 Å². The average molecular weight is 265 g/mol. The van der Waals surface area contributed by atoms with Crippen LogP contribution in [0.5, 0.6) is 0 Å². The zero-order valence-electron chi connectivity index (χ0n) is 12.3. The molecule has 4 nitrogen and oxygen atoms in total. The van der Waals surface area contributed by atoms with Gasteiger partial charge < -0.3 is 5.11 Å². The molecule has 1 aliphatic carbocycles. The molecule has 0 bridgehead atoms. The fourth-order valence-electron chi connectivity index (χ4n) is 2.92. The number of hydrogen-bond acceptors (Lipinski definition) is 3. The van der Waals surface area contributed by atoms with Crippen molar-refractivity contribution >= 4 is 0 Å². The van der Waals surface area contributed by atoms with Crippen molar-refractivity contribution in [3.05, 3.63) is 18.0 Å². The Morgan fingerprint density at radius 1 is 1.37 bits per heavy atom. The van der Waals surface area contributed by atoms with Crippen molar-refractivity contribution < 1.29 is 5.11 Å². The van der Waals surface area contributed by atoms with Gasteiger partial charge in [0.1, 0.15) is 0 Å². The van der Waals surface area contributed by atoms with Gasteiger partial charge in [0.15, 0.2) is 0 Å².